The number of hydrogen-bond donors (Lipinski definition) is 1. The molecule has 0 aliphatic rings. The SMILES string of the molecule is CCOc1ccccc1Sc1nc(N)nc2c1ncn2CCOCP. The van der Waals surface area contributed by atoms with E-state index in [1.807, 2.05) is 35.8 Å². The van der Waals surface area contributed by atoms with Crippen LogP contribution >= 0.6 is 21.0 Å². The zero-order chi connectivity index (χ0) is 17.6. The number of imidazole rings is 1. The van der Waals surface area contributed by atoms with Gasteiger partial charge in [-0.2, -0.15) is 4.98 Å². The van der Waals surface area contributed by atoms with Gasteiger partial charge >= 0.3 is 0 Å². The fraction of sp³-hybridized carbons (Fsp3) is 0.312. The molecule has 1 atom stereocenters. The summed E-state index contributed by atoms with van der Waals surface area (Å²) in [6.07, 6.45) is 2.34. The van der Waals surface area contributed by atoms with Gasteiger partial charge in [0.25, 0.3) is 0 Å². The van der Waals surface area contributed by atoms with Crippen molar-refractivity contribution >= 4 is 38.1 Å². The van der Waals surface area contributed by atoms with E-state index in [9.17, 15) is 0 Å². The third-order valence-electron chi connectivity index (χ3n) is 3.40. The second-order valence-corrected chi connectivity index (χ2v) is 6.42. The number of nitrogen functional groups attached to an aromatic ring is 1. The molecular formula is C16H20N5O2PS. The van der Waals surface area contributed by atoms with E-state index in [2.05, 4.69) is 24.2 Å². The van der Waals surface area contributed by atoms with Crippen molar-refractivity contribution in [3.8, 4) is 5.75 Å². The quantitative estimate of drug-likeness (QED) is 0.367. The molecule has 1 aromatic carbocycles. The molecule has 0 fully saturated rings. The smallest absolute Gasteiger partial charge is 0.223 e. The van der Waals surface area contributed by atoms with Crippen molar-refractivity contribution in [3.05, 3.63) is 30.6 Å². The largest absolute Gasteiger partial charge is 0.493 e. The van der Waals surface area contributed by atoms with Crippen LogP contribution in [0.3, 0.4) is 0 Å². The van der Waals surface area contributed by atoms with Crippen LogP contribution in [0.1, 0.15) is 6.92 Å². The van der Waals surface area contributed by atoms with Crippen molar-refractivity contribution in [2.45, 2.75) is 23.4 Å². The van der Waals surface area contributed by atoms with E-state index in [1.54, 1.807) is 6.33 Å². The number of hydrogen-bond acceptors (Lipinski definition) is 7. The molecule has 1 unspecified atom stereocenters. The normalized spacial score (nSPS) is 11.1. The standard InChI is InChI=1S/C16H20N5O2PS/c1-2-23-11-5-3-4-6-12(11)25-15-13-14(19-16(17)20-15)21(9-18-13)7-8-22-10-24/h3-6,9H,2,7-8,10,24H2,1H3,(H2,17,19,20). The molecule has 3 aromatic rings. The van der Waals surface area contributed by atoms with Gasteiger partial charge in [0, 0.05) is 6.54 Å². The van der Waals surface area contributed by atoms with Gasteiger partial charge in [-0.1, -0.05) is 23.9 Å². The number of para-hydroxylation sites is 1. The van der Waals surface area contributed by atoms with Gasteiger partial charge in [-0.3, -0.25) is 0 Å². The molecule has 9 heteroatoms. The van der Waals surface area contributed by atoms with E-state index in [-0.39, 0.29) is 5.95 Å². The number of nitrogens with zero attached hydrogens (tertiary/aromatic N) is 4. The Morgan fingerprint density at radius 1 is 1.28 bits per heavy atom. The molecule has 7 nitrogen and oxygen atoms in total. The van der Waals surface area contributed by atoms with Crippen LogP contribution in [0.25, 0.3) is 11.2 Å². The lowest BCUT2D eigenvalue weighted by Crippen LogP contribution is -2.06. The van der Waals surface area contributed by atoms with Crippen LogP contribution in [0.2, 0.25) is 0 Å². The number of aromatic nitrogens is 4. The monoisotopic (exact) mass is 377 g/mol. The average Bonchev–Trinajstić information content (AvgIpc) is 3.00. The summed E-state index contributed by atoms with van der Waals surface area (Å²) in [6, 6.07) is 7.83. The van der Waals surface area contributed by atoms with Gasteiger partial charge in [-0.25, -0.2) is 9.97 Å². The zero-order valence-corrected chi connectivity index (χ0v) is 15.9. The Kier molecular flexibility index (Phi) is 6.07. The highest BCUT2D eigenvalue weighted by Crippen LogP contribution is 2.36. The number of benzene rings is 1. The van der Waals surface area contributed by atoms with Crippen molar-refractivity contribution in [1.82, 2.24) is 19.5 Å². The number of fused-ring (bicyclic) bond motifs is 1. The van der Waals surface area contributed by atoms with Gasteiger partial charge in [0.1, 0.15) is 16.3 Å². The molecule has 2 N–H and O–H groups in total. The fourth-order valence-electron chi connectivity index (χ4n) is 2.33. The summed E-state index contributed by atoms with van der Waals surface area (Å²) < 4.78 is 13.0. The first kappa shape index (κ1) is 17.9. The van der Waals surface area contributed by atoms with Crippen LogP contribution in [0.15, 0.2) is 40.5 Å². The predicted molar refractivity (Wildman–Crippen MR) is 102 cm³/mol. The van der Waals surface area contributed by atoms with E-state index in [0.717, 1.165) is 16.2 Å². The molecular weight excluding hydrogens is 357 g/mol. The second-order valence-electron chi connectivity index (χ2n) is 5.05. The third-order valence-corrected chi connectivity index (χ3v) is 4.67. The van der Waals surface area contributed by atoms with Gasteiger partial charge in [0.2, 0.25) is 5.95 Å². The Morgan fingerprint density at radius 2 is 2.12 bits per heavy atom. The maximum Gasteiger partial charge on any atom is 0.223 e. The molecule has 25 heavy (non-hydrogen) atoms. The van der Waals surface area contributed by atoms with Crippen LogP contribution in [0.4, 0.5) is 5.95 Å². The lowest BCUT2D eigenvalue weighted by Gasteiger charge is -2.10. The van der Waals surface area contributed by atoms with E-state index < -0.39 is 0 Å². The summed E-state index contributed by atoms with van der Waals surface area (Å²) in [7, 11) is 2.53. The fourth-order valence-corrected chi connectivity index (χ4v) is 3.46. The molecule has 2 heterocycles. The Hall–Kier alpha value is -1.89. The molecule has 3 rings (SSSR count). The molecule has 0 aliphatic carbocycles. The summed E-state index contributed by atoms with van der Waals surface area (Å²) >= 11 is 1.47. The minimum Gasteiger partial charge on any atom is -0.493 e. The highest BCUT2D eigenvalue weighted by molar-refractivity contribution is 7.99. The summed E-state index contributed by atoms with van der Waals surface area (Å²) in [5.74, 6) is 1.03. The lowest BCUT2D eigenvalue weighted by atomic mass is 10.3. The first-order valence-corrected chi connectivity index (χ1v) is 9.52. The van der Waals surface area contributed by atoms with Crippen molar-refractivity contribution in [2.75, 3.05) is 25.3 Å². The first-order chi connectivity index (χ1) is 12.2. The maximum absolute atomic E-state index is 5.92. The van der Waals surface area contributed by atoms with Gasteiger partial charge in [0.05, 0.1) is 30.8 Å². The van der Waals surface area contributed by atoms with Crippen molar-refractivity contribution in [3.63, 3.8) is 0 Å². The summed E-state index contributed by atoms with van der Waals surface area (Å²) in [6.45, 7) is 3.79. The molecule has 0 saturated heterocycles. The highest BCUT2D eigenvalue weighted by Gasteiger charge is 2.15. The Morgan fingerprint density at radius 3 is 2.92 bits per heavy atom. The van der Waals surface area contributed by atoms with Crippen molar-refractivity contribution in [1.29, 1.82) is 0 Å². The molecule has 0 aliphatic heterocycles. The molecule has 132 valence electrons. The molecule has 2 aromatic heterocycles. The Balaban J connectivity index is 1.94. The van der Waals surface area contributed by atoms with Gasteiger partial charge in [0.15, 0.2) is 5.65 Å². The van der Waals surface area contributed by atoms with E-state index >= 15 is 0 Å². The van der Waals surface area contributed by atoms with E-state index in [1.165, 1.54) is 11.8 Å². The molecule has 0 amide bonds. The van der Waals surface area contributed by atoms with Crippen LogP contribution in [0.5, 0.6) is 5.75 Å². The Labute approximate surface area is 152 Å². The van der Waals surface area contributed by atoms with E-state index in [4.69, 9.17) is 15.2 Å². The number of anilines is 1. The topological polar surface area (TPSA) is 88.1 Å². The van der Waals surface area contributed by atoms with Gasteiger partial charge in [-0.15, -0.1) is 9.24 Å². The summed E-state index contributed by atoms with van der Waals surface area (Å²) in [4.78, 5) is 14.1. The highest BCUT2D eigenvalue weighted by atomic mass is 32.2. The van der Waals surface area contributed by atoms with Gasteiger partial charge < -0.3 is 19.8 Å². The molecule has 0 saturated carbocycles. The number of rotatable bonds is 8. The predicted octanol–water partition coefficient (Wildman–Crippen LogP) is 2.81. The van der Waals surface area contributed by atoms with Crippen LogP contribution in [-0.2, 0) is 11.3 Å². The van der Waals surface area contributed by atoms with Gasteiger partial charge in [-0.05, 0) is 19.1 Å². The minimum atomic E-state index is 0.220. The van der Waals surface area contributed by atoms with E-state index in [0.29, 0.717) is 36.8 Å². The summed E-state index contributed by atoms with van der Waals surface area (Å²) in [5.41, 5.74) is 7.34. The Bertz CT molecular complexity index is 858. The molecule has 0 spiro atoms. The lowest BCUT2D eigenvalue weighted by molar-refractivity contribution is 0.173. The maximum atomic E-state index is 5.92. The second kappa shape index (κ2) is 8.47. The van der Waals surface area contributed by atoms with Crippen LogP contribution < -0.4 is 10.5 Å². The molecule has 0 radical (unpaired) electrons. The van der Waals surface area contributed by atoms with Crippen molar-refractivity contribution < 1.29 is 9.47 Å². The first-order valence-electron chi connectivity index (χ1n) is 7.88. The number of ether oxygens (including phenoxy) is 2. The average molecular weight is 377 g/mol. The van der Waals surface area contributed by atoms with Crippen molar-refractivity contribution in [2.24, 2.45) is 0 Å². The summed E-state index contributed by atoms with van der Waals surface area (Å²) in [5, 5.41) is 0.709. The molecule has 0 bridgehead atoms. The third kappa shape index (κ3) is 4.21. The zero-order valence-electron chi connectivity index (χ0n) is 13.9. The number of nitrogens with two attached hydrogens (primary N) is 1. The van der Waals surface area contributed by atoms with Crippen LogP contribution in [0, 0.1) is 0 Å². The van der Waals surface area contributed by atoms with Crippen LogP contribution in [-0.4, -0.2) is 39.1 Å². The minimum absolute atomic E-state index is 0.220.